The molecule has 2 aromatic rings. The van der Waals surface area contributed by atoms with Crippen LogP contribution in [0.4, 0.5) is 0 Å². The molecule has 20 heavy (non-hydrogen) atoms. The third kappa shape index (κ3) is 1.59. The molecule has 2 aromatic carbocycles. The van der Waals surface area contributed by atoms with Crippen LogP contribution in [0.15, 0.2) is 36.4 Å². The van der Waals surface area contributed by atoms with Crippen molar-refractivity contribution in [1.29, 1.82) is 0 Å². The summed E-state index contributed by atoms with van der Waals surface area (Å²) in [6.45, 7) is 2.27. The summed E-state index contributed by atoms with van der Waals surface area (Å²) in [5.74, 6) is 0. The van der Waals surface area contributed by atoms with Crippen LogP contribution >= 0.6 is 22.6 Å². The lowest BCUT2D eigenvalue weighted by Gasteiger charge is -2.28. The Morgan fingerprint density at radius 3 is 2.55 bits per heavy atom. The summed E-state index contributed by atoms with van der Waals surface area (Å²) in [4.78, 5) is 0. The second kappa shape index (κ2) is 4.59. The lowest BCUT2D eigenvalue weighted by atomic mass is 9.76. The molecule has 1 spiro atoms. The van der Waals surface area contributed by atoms with E-state index in [2.05, 4.69) is 65.9 Å². The van der Waals surface area contributed by atoms with E-state index in [9.17, 15) is 0 Å². The van der Waals surface area contributed by atoms with E-state index in [4.69, 9.17) is 0 Å². The molecule has 102 valence electrons. The lowest BCUT2D eigenvalue weighted by Crippen LogP contribution is -2.22. The number of hydrogen-bond acceptors (Lipinski definition) is 0. The van der Waals surface area contributed by atoms with Crippen LogP contribution in [-0.4, -0.2) is 0 Å². The molecule has 1 atom stereocenters. The maximum atomic E-state index is 2.61. The van der Waals surface area contributed by atoms with Gasteiger partial charge in [0.05, 0.1) is 0 Å². The topological polar surface area (TPSA) is 0 Å². The molecule has 0 aromatic heterocycles. The number of rotatable bonds is 1. The minimum Gasteiger partial charge on any atom is -0.0620 e. The first-order valence-corrected chi connectivity index (χ1v) is 8.73. The molecule has 0 aliphatic heterocycles. The van der Waals surface area contributed by atoms with Gasteiger partial charge in [0, 0.05) is 8.99 Å². The number of aryl methyl sites for hydroxylation is 3. The SMILES string of the molecule is CCc1ccc2c(c1I)[C@@]1(CCc3ccccc31)CC2. The lowest BCUT2D eigenvalue weighted by molar-refractivity contribution is 0.505. The largest absolute Gasteiger partial charge is 0.0620 e. The molecule has 0 radical (unpaired) electrons. The van der Waals surface area contributed by atoms with E-state index in [0.29, 0.717) is 5.41 Å². The van der Waals surface area contributed by atoms with Gasteiger partial charge >= 0.3 is 0 Å². The number of fused-ring (bicyclic) bond motifs is 4. The van der Waals surface area contributed by atoms with E-state index in [1.165, 1.54) is 34.8 Å². The first-order chi connectivity index (χ1) is 9.76. The summed E-state index contributed by atoms with van der Waals surface area (Å²) in [5, 5.41) is 0. The van der Waals surface area contributed by atoms with Crippen molar-refractivity contribution < 1.29 is 0 Å². The predicted octanol–water partition coefficient (Wildman–Crippen LogP) is 5.03. The Balaban J connectivity index is 1.98. The quantitative estimate of drug-likeness (QED) is 0.614. The molecule has 0 saturated heterocycles. The Morgan fingerprint density at radius 1 is 1.00 bits per heavy atom. The predicted molar refractivity (Wildman–Crippen MR) is 92.4 cm³/mol. The molecule has 4 rings (SSSR count). The van der Waals surface area contributed by atoms with E-state index in [-0.39, 0.29) is 0 Å². The summed E-state index contributed by atoms with van der Waals surface area (Å²) in [7, 11) is 0. The second-order valence-corrected chi connectivity index (χ2v) is 7.24. The van der Waals surface area contributed by atoms with Gasteiger partial charge in [0.1, 0.15) is 0 Å². The monoisotopic (exact) mass is 374 g/mol. The van der Waals surface area contributed by atoms with Crippen molar-refractivity contribution >= 4 is 22.6 Å². The van der Waals surface area contributed by atoms with Crippen molar-refractivity contribution in [2.45, 2.75) is 44.4 Å². The fourth-order valence-electron chi connectivity index (χ4n) is 4.34. The maximum absolute atomic E-state index is 2.61. The van der Waals surface area contributed by atoms with Crippen LogP contribution in [0.25, 0.3) is 0 Å². The van der Waals surface area contributed by atoms with Crippen LogP contribution < -0.4 is 0 Å². The van der Waals surface area contributed by atoms with Crippen molar-refractivity contribution in [2.24, 2.45) is 0 Å². The van der Waals surface area contributed by atoms with Crippen LogP contribution in [0, 0.1) is 3.57 Å². The number of benzene rings is 2. The summed E-state index contributed by atoms with van der Waals surface area (Å²) in [6, 6.07) is 13.9. The standard InChI is InChI=1S/C19H19I/c1-2-13-7-8-15-10-12-19(17(15)18(13)20)11-9-14-5-3-4-6-16(14)19/h3-8H,2,9-12H2,1H3/t19-/m0/s1. The smallest absolute Gasteiger partial charge is 0.0225 e. The van der Waals surface area contributed by atoms with Crippen molar-refractivity contribution in [1.82, 2.24) is 0 Å². The number of halogens is 1. The van der Waals surface area contributed by atoms with Crippen molar-refractivity contribution in [3.05, 3.63) is 67.8 Å². The molecular formula is C19H19I. The molecule has 0 heterocycles. The van der Waals surface area contributed by atoms with Crippen molar-refractivity contribution in [3.63, 3.8) is 0 Å². The highest BCUT2D eigenvalue weighted by molar-refractivity contribution is 14.1. The van der Waals surface area contributed by atoms with Gasteiger partial charge < -0.3 is 0 Å². The third-order valence-corrected chi connectivity index (χ3v) is 6.58. The fraction of sp³-hybridized carbons (Fsp3) is 0.368. The molecule has 2 aliphatic rings. The normalized spacial score (nSPS) is 23.1. The third-order valence-electron chi connectivity index (χ3n) is 5.34. The Kier molecular flexibility index (Phi) is 2.95. The minimum absolute atomic E-state index is 0.327. The van der Waals surface area contributed by atoms with Crippen molar-refractivity contribution in [3.8, 4) is 0 Å². The van der Waals surface area contributed by atoms with Crippen LogP contribution in [0.1, 0.15) is 47.6 Å². The van der Waals surface area contributed by atoms with Gasteiger partial charge in [-0.1, -0.05) is 43.3 Å². The van der Waals surface area contributed by atoms with Gasteiger partial charge in [0.2, 0.25) is 0 Å². The first kappa shape index (κ1) is 12.9. The highest BCUT2D eigenvalue weighted by Gasteiger charge is 2.45. The zero-order valence-electron chi connectivity index (χ0n) is 11.9. The fourth-order valence-corrected chi connectivity index (χ4v) is 5.76. The average Bonchev–Trinajstić information content (AvgIpc) is 3.04. The van der Waals surface area contributed by atoms with Gasteiger partial charge in [-0.05, 0) is 82.5 Å². The Morgan fingerprint density at radius 2 is 1.75 bits per heavy atom. The van der Waals surface area contributed by atoms with E-state index in [0.717, 1.165) is 6.42 Å². The van der Waals surface area contributed by atoms with E-state index >= 15 is 0 Å². The van der Waals surface area contributed by atoms with Crippen LogP contribution in [-0.2, 0) is 24.7 Å². The molecule has 1 heteroatoms. The van der Waals surface area contributed by atoms with Gasteiger partial charge in [-0.2, -0.15) is 0 Å². The van der Waals surface area contributed by atoms with Crippen LogP contribution in [0.5, 0.6) is 0 Å². The molecule has 0 unspecified atom stereocenters. The van der Waals surface area contributed by atoms with Gasteiger partial charge in [0.15, 0.2) is 0 Å². The molecule has 0 fully saturated rings. The Labute approximate surface area is 134 Å². The van der Waals surface area contributed by atoms with E-state index < -0.39 is 0 Å². The Bertz CT molecular complexity index is 682. The molecule has 0 nitrogen and oxygen atoms in total. The second-order valence-electron chi connectivity index (χ2n) is 6.17. The molecular weight excluding hydrogens is 355 g/mol. The zero-order chi connectivity index (χ0) is 13.7. The molecule has 0 N–H and O–H groups in total. The van der Waals surface area contributed by atoms with Gasteiger partial charge in [-0.25, -0.2) is 0 Å². The Hall–Kier alpha value is -0.830. The highest BCUT2D eigenvalue weighted by atomic mass is 127. The van der Waals surface area contributed by atoms with Gasteiger partial charge in [-0.15, -0.1) is 0 Å². The van der Waals surface area contributed by atoms with Gasteiger partial charge in [0.25, 0.3) is 0 Å². The minimum atomic E-state index is 0.327. The molecule has 0 amide bonds. The molecule has 0 saturated carbocycles. The van der Waals surface area contributed by atoms with Crippen LogP contribution in [0.3, 0.4) is 0 Å². The summed E-state index contributed by atoms with van der Waals surface area (Å²) >= 11 is 2.61. The van der Waals surface area contributed by atoms with Crippen LogP contribution in [0.2, 0.25) is 0 Å². The summed E-state index contributed by atoms with van der Waals surface area (Å²) < 4.78 is 1.54. The summed E-state index contributed by atoms with van der Waals surface area (Å²) in [5.41, 5.74) is 8.32. The molecule has 0 bridgehead atoms. The van der Waals surface area contributed by atoms with Crippen molar-refractivity contribution in [2.75, 3.05) is 0 Å². The average molecular weight is 374 g/mol. The number of hydrogen-bond donors (Lipinski definition) is 0. The van der Waals surface area contributed by atoms with E-state index in [1.54, 1.807) is 22.3 Å². The van der Waals surface area contributed by atoms with Gasteiger partial charge in [-0.3, -0.25) is 0 Å². The zero-order valence-corrected chi connectivity index (χ0v) is 14.0. The first-order valence-electron chi connectivity index (χ1n) is 7.65. The maximum Gasteiger partial charge on any atom is 0.0225 e. The summed E-state index contributed by atoms with van der Waals surface area (Å²) in [6.07, 6.45) is 6.26. The van der Waals surface area contributed by atoms with E-state index in [1.807, 2.05) is 0 Å². The molecule has 2 aliphatic carbocycles. The highest BCUT2D eigenvalue weighted by Crippen LogP contribution is 2.53.